The molecule has 2 fully saturated rings. The molecule has 1 unspecified atom stereocenters. The Hall–Kier alpha value is -1.57. The van der Waals surface area contributed by atoms with E-state index < -0.39 is 11.9 Å². The fourth-order valence-corrected chi connectivity index (χ4v) is 3.53. The van der Waals surface area contributed by atoms with Crippen molar-refractivity contribution in [2.45, 2.75) is 31.7 Å². The molecule has 29 heavy (non-hydrogen) atoms. The predicted molar refractivity (Wildman–Crippen MR) is 111 cm³/mol. The summed E-state index contributed by atoms with van der Waals surface area (Å²) in [5.74, 6) is 0.520. The number of rotatable bonds is 3. The number of aliphatic imine (C=N–C) groups is 1. The quantitative estimate of drug-likeness (QED) is 0.364. The van der Waals surface area contributed by atoms with E-state index in [1.165, 1.54) is 13.2 Å². The van der Waals surface area contributed by atoms with Crippen molar-refractivity contribution in [3.8, 4) is 0 Å². The van der Waals surface area contributed by atoms with Crippen molar-refractivity contribution in [3.63, 3.8) is 0 Å². The van der Waals surface area contributed by atoms with Crippen molar-refractivity contribution in [1.82, 2.24) is 24.9 Å². The van der Waals surface area contributed by atoms with Crippen LogP contribution in [0.2, 0.25) is 0 Å². The van der Waals surface area contributed by atoms with E-state index in [0.717, 1.165) is 17.5 Å². The number of piperazine rings is 1. The molecule has 0 aromatic carbocycles. The minimum absolute atomic E-state index is 0. The molecule has 0 spiro atoms. The molecule has 1 aromatic heterocycles. The van der Waals surface area contributed by atoms with E-state index in [-0.39, 0.29) is 48.1 Å². The Morgan fingerprint density at radius 3 is 2.52 bits per heavy atom. The van der Waals surface area contributed by atoms with E-state index in [0.29, 0.717) is 38.7 Å². The number of nitrogens with zero attached hydrogens (tertiary/aromatic N) is 5. The van der Waals surface area contributed by atoms with Gasteiger partial charge in [-0.25, -0.2) is 0 Å². The highest BCUT2D eigenvalue weighted by molar-refractivity contribution is 14.0. The molecule has 3 heterocycles. The van der Waals surface area contributed by atoms with Gasteiger partial charge >= 0.3 is 6.18 Å². The maximum absolute atomic E-state index is 13.1. The van der Waals surface area contributed by atoms with Crippen LogP contribution in [0.15, 0.2) is 11.2 Å². The molecule has 2 saturated heterocycles. The molecule has 1 atom stereocenters. The van der Waals surface area contributed by atoms with Gasteiger partial charge in [0, 0.05) is 65.2 Å². The second-order valence-electron chi connectivity index (χ2n) is 6.89. The monoisotopic (exact) mass is 530 g/mol. The second kappa shape index (κ2) is 9.96. The topological polar surface area (TPSA) is 75.0 Å². The van der Waals surface area contributed by atoms with E-state index in [9.17, 15) is 18.0 Å². The Morgan fingerprint density at radius 2 is 1.97 bits per heavy atom. The SMILES string of the molecule is CN=C(NCc1cn(C)nc1C(F)(F)F)N1CCN(C(=O)C2CCCO2)CC1.I. The number of halogens is 4. The summed E-state index contributed by atoms with van der Waals surface area (Å²) >= 11 is 0. The summed E-state index contributed by atoms with van der Waals surface area (Å²) in [6, 6.07) is 0. The number of aryl methyl sites for hydroxylation is 1. The van der Waals surface area contributed by atoms with Gasteiger partial charge < -0.3 is 19.9 Å². The molecule has 164 valence electrons. The smallest absolute Gasteiger partial charge is 0.368 e. The van der Waals surface area contributed by atoms with Gasteiger partial charge in [-0.2, -0.15) is 18.3 Å². The minimum Gasteiger partial charge on any atom is -0.368 e. The van der Waals surface area contributed by atoms with E-state index in [4.69, 9.17) is 4.74 Å². The third-order valence-electron chi connectivity index (χ3n) is 4.92. The number of alkyl halides is 3. The zero-order valence-electron chi connectivity index (χ0n) is 16.4. The Kier molecular flexibility index (Phi) is 8.14. The van der Waals surface area contributed by atoms with Crippen molar-refractivity contribution in [2.24, 2.45) is 12.0 Å². The predicted octanol–water partition coefficient (Wildman–Crippen LogP) is 1.46. The van der Waals surface area contributed by atoms with Gasteiger partial charge in [0.05, 0.1) is 0 Å². The first-order chi connectivity index (χ1) is 13.3. The zero-order chi connectivity index (χ0) is 20.3. The fraction of sp³-hybridized carbons (Fsp3) is 0.706. The second-order valence-corrected chi connectivity index (χ2v) is 6.89. The molecule has 1 aromatic rings. The lowest BCUT2D eigenvalue weighted by molar-refractivity contribution is -0.142. The van der Waals surface area contributed by atoms with E-state index in [1.807, 2.05) is 4.90 Å². The summed E-state index contributed by atoms with van der Waals surface area (Å²) in [7, 11) is 3.04. The third kappa shape index (κ3) is 5.74. The number of hydrogen-bond acceptors (Lipinski definition) is 4. The first-order valence-corrected chi connectivity index (χ1v) is 9.25. The molecule has 0 aliphatic carbocycles. The Bertz CT molecular complexity index is 725. The van der Waals surface area contributed by atoms with Crippen molar-refractivity contribution in [3.05, 3.63) is 17.5 Å². The molecule has 12 heteroatoms. The molecule has 1 amide bonds. The largest absolute Gasteiger partial charge is 0.435 e. The van der Waals surface area contributed by atoms with Crippen LogP contribution in [0, 0.1) is 0 Å². The minimum atomic E-state index is -4.50. The van der Waals surface area contributed by atoms with Crippen LogP contribution in [0.4, 0.5) is 13.2 Å². The highest BCUT2D eigenvalue weighted by atomic mass is 127. The van der Waals surface area contributed by atoms with Crippen LogP contribution in [0.1, 0.15) is 24.1 Å². The van der Waals surface area contributed by atoms with Gasteiger partial charge in [0.15, 0.2) is 11.7 Å². The Balaban J connectivity index is 0.00000300. The van der Waals surface area contributed by atoms with Gasteiger partial charge in [-0.1, -0.05) is 0 Å². The normalized spacial score (nSPS) is 20.6. The maximum Gasteiger partial charge on any atom is 0.435 e. The lowest BCUT2D eigenvalue weighted by Crippen LogP contribution is -2.55. The highest BCUT2D eigenvalue weighted by Gasteiger charge is 2.37. The van der Waals surface area contributed by atoms with Crippen LogP contribution in [-0.2, 0) is 29.3 Å². The summed E-state index contributed by atoms with van der Waals surface area (Å²) in [5, 5.41) is 6.48. The molecule has 0 radical (unpaired) electrons. The van der Waals surface area contributed by atoms with Crippen molar-refractivity contribution in [1.29, 1.82) is 0 Å². The number of carbonyl (C=O) groups excluding carboxylic acids is 1. The average molecular weight is 530 g/mol. The van der Waals surface area contributed by atoms with Gasteiger partial charge in [-0.05, 0) is 12.8 Å². The molecule has 2 aliphatic heterocycles. The van der Waals surface area contributed by atoms with Gasteiger partial charge in [0.2, 0.25) is 0 Å². The van der Waals surface area contributed by atoms with Crippen LogP contribution >= 0.6 is 24.0 Å². The van der Waals surface area contributed by atoms with E-state index >= 15 is 0 Å². The Morgan fingerprint density at radius 1 is 1.31 bits per heavy atom. The molecule has 2 aliphatic rings. The third-order valence-corrected chi connectivity index (χ3v) is 4.92. The van der Waals surface area contributed by atoms with Crippen LogP contribution in [-0.4, -0.2) is 77.4 Å². The van der Waals surface area contributed by atoms with Crippen LogP contribution in [0.25, 0.3) is 0 Å². The molecule has 1 N–H and O–H groups in total. The van der Waals surface area contributed by atoms with Crippen LogP contribution in [0.5, 0.6) is 0 Å². The Labute approximate surface area is 184 Å². The molecule has 8 nitrogen and oxygen atoms in total. The van der Waals surface area contributed by atoms with Crippen LogP contribution < -0.4 is 5.32 Å². The number of carbonyl (C=O) groups is 1. The molecule has 3 rings (SSSR count). The van der Waals surface area contributed by atoms with E-state index in [2.05, 4.69) is 15.4 Å². The highest BCUT2D eigenvalue weighted by Crippen LogP contribution is 2.30. The lowest BCUT2D eigenvalue weighted by Gasteiger charge is -2.37. The first-order valence-electron chi connectivity index (χ1n) is 9.25. The number of amides is 1. The number of nitrogens with one attached hydrogen (secondary N) is 1. The summed E-state index contributed by atoms with van der Waals surface area (Å²) in [6.45, 7) is 2.75. The van der Waals surface area contributed by atoms with Gasteiger partial charge in [0.25, 0.3) is 5.91 Å². The molecule has 0 saturated carbocycles. The zero-order valence-corrected chi connectivity index (χ0v) is 18.7. The molecular formula is C17H26F3IN6O2. The van der Waals surface area contributed by atoms with Crippen molar-refractivity contribution < 1.29 is 22.7 Å². The first kappa shape index (κ1) is 23.7. The van der Waals surface area contributed by atoms with Gasteiger partial charge in [-0.3, -0.25) is 14.5 Å². The number of hydrogen-bond donors (Lipinski definition) is 1. The summed E-state index contributed by atoms with van der Waals surface area (Å²) in [5.41, 5.74) is -0.840. The maximum atomic E-state index is 13.1. The van der Waals surface area contributed by atoms with Crippen molar-refractivity contribution in [2.75, 3.05) is 39.8 Å². The molecule has 0 bridgehead atoms. The number of guanidine groups is 1. The number of aromatic nitrogens is 2. The van der Waals surface area contributed by atoms with Crippen molar-refractivity contribution >= 4 is 35.8 Å². The summed E-state index contributed by atoms with van der Waals surface area (Å²) < 4.78 is 45.8. The number of ether oxygens (including phenoxy) is 1. The van der Waals surface area contributed by atoms with E-state index in [1.54, 1.807) is 11.9 Å². The van der Waals surface area contributed by atoms with Gasteiger partial charge in [0.1, 0.15) is 6.10 Å². The summed E-state index contributed by atoms with van der Waals surface area (Å²) in [6.07, 6.45) is -1.83. The standard InChI is InChI=1S/C17H25F3N6O2.HI/c1-21-16(22-10-12-11-24(2)23-14(12)17(18,19)20)26-7-5-25(6-8-26)15(27)13-4-3-9-28-13;/h11,13H,3-10H2,1-2H3,(H,21,22);1H. The summed E-state index contributed by atoms with van der Waals surface area (Å²) in [4.78, 5) is 20.3. The lowest BCUT2D eigenvalue weighted by atomic mass is 10.2. The van der Waals surface area contributed by atoms with Gasteiger partial charge in [-0.15, -0.1) is 24.0 Å². The fourth-order valence-electron chi connectivity index (χ4n) is 3.53. The van der Waals surface area contributed by atoms with Crippen LogP contribution in [0.3, 0.4) is 0 Å². The molecular weight excluding hydrogens is 504 g/mol. The average Bonchev–Trinajstić information content (AvgIpc) is 3.31.